The largest absolute Gasteiger partial charge is 0.435 e. The maximum atomic E-state index is 14.5. The topological polar surface area (TPSA) is 73.8 Å². The van der Waals surface area contributed by atoms with Gasteiger partial charge >= 0.3 is 18.0 Å². The summed E-state index contributed by atoms with van der Waals surface area (Å²) in [6.07, 6.45) is -6.29. The molecule has 0 aliphatic heterocycles. The van der Waals surface area contributed by atoms with Crippen LogP contribution in [0.5, 0.6) is 0 Å². The van der Waals surface area contributed by atoms with E-state index in [1.807, 2.05) is 0 Å². The number of carbonyl (C=O) groups is 1. The first-order valence-electron chi connectivity index (χ1n) is 10.4. The highest BCUT2D eigenvalue weighted by atomic mass is 19.4. The fourth-order valence-corrected chi connectivity index (χ4v) is 4.17. The van der Waals surface area contributed by atoms with Gasteiger partial charge in [0.05, 0.1) is 29.3 Å². The van der Waals surface area contributed by atoms with Crippen molar-refractivity contribution in [2.75, 3.05) is 0 Å². The molecule has 1 aromatic carbocycles. The van der Waals surface area contributed by atoms with Crippen LogP contribution in [0.15, 0.2) is 36.8 Å². The second-order valence-electron chi connectivity index (χ2n) is 8.58. The first-order valence-corrected chi connectivity index (χ1v) is 10.4. The summed E-state index contributed by atoms with van der Waals surface area (Å²) in [6.45, 7) is 2.57. The van der Waals surface area contributed by atoms with E-state index in [0.29, 0.717) is 34.6 Å². The molecule has 4 rings (SSSR count). The van der Waals surface area contributed by atoms with Crippen molar-refractivity contribution in [3.8, 4) is 16.8 Å². The summed E-state index contributed by atoms with van der Waals surface area (Å²) in [5.74, 6) is -0.487. The number of halogens is 7. The molecule has 0 atom stereocenters. The van der Waals surface area contributed by atoms with Gasteiger partial charge in [0.1, 0.15) is 0 Å². The SMILES string of the molecule is Cc1cc(C(F)(C(F)(F)F)C(F)(F)F)cc(C)c1-c1cnn(-c2cnc(C3CC3)c(C(N)=O)c2)c1. The molecule has 1 aliphatic carbocycles. The third-order valence-electron chi connectivity index (χ3n) is 5.98. The minimum absolute atomic E-state index is 0.00453. The molecule has 1 saturated carbocycles. The van der Waals surface area contributed by atoms with Crippen molar-refractivity contribution >= 4 is 5.91 Å². The number of aryl methyl sites for hydroxylation is 2. The molecule has 2 aromatic heterocycles. The third kappa shape index (κ3) is 4.14. The van der Waals surface area contributed by atoms with E-state index >= 15 is 0 Å². The van der Waals surface area contributed by atoms with E-state index in [9.17, 15) is 35.5 Å². The summed E-state index contributed by atoms with van der Waals surface area (Å²) in [5, 5.41) is 4.18. The van der Waals surface area contributed by atoms with Crippen molar-refractivity contribution in [2.45, 2.75) is 50.6 Å². The monoisotopic (exact) mass is 500 g/mol. The number of nitrogens with zero attached hydrogens (tertiary/aromatic N) is 3. The standard InChI is InChI=1S/C23H19F7N4O/c1-11-5-15(21(24,22(25,26)27)23(28,29)30)6-12(2)18(11)14-8-33-34(10-14)16-7-17(20(31)35)19(32-9-16)13-3-4-13/h5-10,13H,3-4H2,1-2H3,(H2,31,35). The van der Waals surface area contributed by atoms with Gasteiger partial charge in [-0.2, -0.15) is 31.4 Å². The number of hydrogen-bond donors (Lipinski definition) is 1. The van der Waals surface area contributed by atoms with E-state index in [0.717, 1.165) is 12.8 Å². The van der Waals surface area contributed by atoms with Crippen LogP contribution in [-0.4, -0.2) is 33.0 Å². The van der Waals surface area contributed by atoms with Crippen molar-refractivity contribution in [2.24, 2.45) is 5.73 Å². The molecule has 0 saturated heterocycles. The average molecular weight is 500 g/mol. The molecule has 0 radical (unpaired) electrons. The minimum Gasteiger partial charge on any atom is -0.366 e. The van der Waals surface area contributed by atoms with Gasteiger partial charge in [-0.25, -0.2) is 9.07 Å². The number of alkyl halides is 7. The van der Waals surface area contributed by atoms with E-state index in [-0.39, 0.29) is 22.6 Å². The Labute approximate surface area is 194 Å². The molecule has 3 aromatic rings. The normalized spacial score (nSPS) is 14.9. The molecule has 1 aliphatic rings. The smallest absolute Gasteiger partial charge is 0.366 e. The maximum Gasteiger partial charge on any atom is 0.435 e. The second-order valence-corrected chi connectivity index (χ2v) is 8.58. The molecule has 186 valence electrons. The zero-order chi connectivity index (χ0) is 25.9. The van der Waals surface area contributed by atoms with Crippen molar-refractivity contribution in [1.82, 2.24) is 14.8 Å². The Hall–Kier alpha value is -3.44. The quantitative estimate of drug-likeness (QED) is 0.449. The highest BCUT2D eigenvalue weighted by molar-refractivity contribution is 5.94. The van der Waals surface area contributed by atoms with E-state index in [4.69, 9.17) is 5.73 Å². The summed E-state index contributed by atoms with van der Waals surface area (Å²) in [5.41, 5.74) is 0.293. The number of hydrogen-bond acceptors (Lipinski definition) is 3. The van der Waals surface area contributed by atoms with Crippen LogP contribution in [0.3, 0.4) is 0 Å². The fourth-order valence-electron chi connectivity index (χ4n) is 4.17. The molecular weight excluding hydrogens is 481 g/mol. The first-order chi connectivity index (χ1) is 16.1. The number of nitrogens with two attached hydrogens (primary N) is 1. The molecule has 1 amide bonds. The van der Waals surface area contributed by atoms with Crippen molar-refractivity contribution < 1.29 is 35.5 Å². The Bertz CT molecular complexity index is 1270. The van der Waals surface area contributed by atoms with Gasteiger partial charge in [0.25, 0.3) is 5.91 Å². The van der Waals surface area contributed by atoms with Crippen molar-refractivity contribution in [3.05, 3.63) is 64.7 Å². The summed E-state index contributed by atoms with van der Waals surface area (Å²) in [6, 6.07) is 2.60. The summed E-state index contributed by atoms with van der Waals surface area (Å²) in [7, 11) is 0. The van der Waals surface area contributed by atoms with Gasteiger partial charge < -0.3 is 5.73 Å². The number of carbonyl (C=O) groups excluding carboxylic acids is 1. The molecule has 0 unspecified atom stereocenters. The van der Waals surface area contributed by atoms with Crippen LogP contribution in [-0.2, 0) is 5.67 Å². The molecule has 2 N–H and O–H groups in total. The van der Waals surface area contributed by atoms with E-state index < -0.39 is 29.5 Å². The molecular formula is C23H19F7N4O. The molecule has 0 spiro atoms. The predicted molar refractivity (Wildman–Crippen MR) is 112 cm³/mol. The fraction of sp³-hybridized carbons (Fsp3) is 0.348. The zero-order valence-electron chi connectivity index (χ0n) is 18.4. The zero-order valence-corrected chi connectivity index (χ0v) is 18.4. The number of rotatable bonds is 5. The van der Waals surface area contributed by atoms with Crippen LogP contribution in [0.25, 0.3) is 16.8 Å². The van der Waals surface area contributed by atoms with Gasteiger partial charge in [0.15, 0.2) is 0 Å². The summed E-state index contributed by atoms with van der Waals surface area (Å²) < 4.78 is 95.0. The van der Waals surface area contributed by atoms with Gasteiger partial charge in [-0.1, -0.05) is 12.1 Å². The Kier molecular flexibility index (Phi) is 5.68. The van der Waals surface area contributed by atoms with Crippen LogP contribution < -0.4 is 5.73 Å². The molecule has 2 heterocycles. The van der Waals surface area contributed by atoms with Gasteiger partial charge in [0, 0.05) is 23.2 Å². The molecule has 1 fully saturated rings. The lowest BCUT2D eigenvalue weighted by atomic mass is 9.87. The Balaban J connectivity index is 1.75. The number of amides is 1. The maximum absolute atomic E-state index is 14.5. The van der Waals surface area contributed by atoms with Crippen molar-refractivity contribution in [1.29, 1.82) is 0 Å². The van der Waals surface area contributed by atoms with Crippen LogP contribution in [0.4, 0.5) is 30.7 Å². The molecule has 35 heavy (non-hydrogen) atoms. The third-order valence-corrected chi connectivity index (χ3v) is 5.98. The predicted octanol–water partition coefficient (Wildman–Crippen LogP) is 5.82. The Morgan fingerprint density at radius 3 is 2.03 bits per heavy atom. The highest BCUT2D eigenvalue weighted by Gasteiger charge is 2.73. The lowest BCUT2D eigenvalue weighted by Gasteiger charge is -2.31. The van der Waals surface area contributed by atoms with E-state index in [2.05, 4.69) is 10.1 Å². The molecule has 12 heteroatoms. The van der Waals surface area contributed by atoms with Gasteiger partial charge in [-0.05, 0) is 49.4 Å². The number of benzene rings is 1. The van der Waals surface area contributed by atoms with Crippen LogP contribution in [0.2, 0.25) is 0 Å². The van der Waals surface area contributed by atoms with E-state index in [1.54, 1.807) is 0 Å². The lowest BCUT2D eigenvalue weighted by molar-refractivity contribution is -0.348. The highest BCUT2D eigenvalue weighted by Crippen LogP contribution is 2.54. The molecule has 0 bridgehead atoms. The molecule has 5 nitrogen and oxygen atoms in total. The van der Waals surface area contributed by atoms with Crippen LogP contribution >= 0.6 is 0 Å². The van der Waals surface area contributed by atoms with Crippen molar-refractivity contribution in [3.63, 3.8) is 0 Å². The number of primary amides is 1. The lowest BCUT2D eigenvalue weighted by Crippen LogP contribution is -2.50. The van der Waals surface area contributed by atoms with Gasteiger partial charge in [-0.3, -0.25) is 9.78 Å². The first kappa shape index (κ1) is 24.7. The Morgan fingerprint density at radius 2 is 1.54 bits per heavy atom. The second kappa shape index (κ2) is 8.06. The van der Waals surface area contributed by atoms with Gasteiger partial charge in [0.2, 0.25) is 0 Å². The van der Waals surface area contributed by atoms with Crippen LogP contribution in [0.1, 0.15) is 51.5 Å². The number of aromatic nitrogens is 3. The van der Waals surface area contributed by atoms with Gasteiger partial charge in [-0.15, -0.1) is 0 Å². The average Bonchev–Trinajstić information content (AvgIpc) is 3.48. The van der Waals surface area contributed by atoms with Crippen LogP contribution in [0, 0.1) is 13.8 Å². The minimum atomic E-state index is -6.20. The van der Waals surface area contributed by atoms with E-state index in [1.165, 1.54) is 43.2 Å². The Morgan fingerprint density at radius 1 is 0.971 bits per heavy atom. The summed E-state index contributed by atoms with van der Waals surface area (Å²) >= 11 is 0. The number of pyridine rings is 1. The summed E-state index contributed by atoms with van der Waals surface area (Å²) in [4.78, 5) is 16.2.